The quantitative estimate of drug-likeness (QED) is 0.345. The SMILES string of the molecule is F[C-](F)N1C=C1. The molecule has 0 atom stereocenters. The van der Waals surface area contributed by atoms with Crippen LogP contribution in [0.15, 0.2) is 12.4 Å². The van der Waals surface area contributed by atoms with Crippen LogP contribution in [0.4, 0.5) is 8.78 Å². The molecule has 0 saturated carbocycles. The molecule has 0 aromatic heterocycles. The molecule has 0 aromatic carbocycles. The van der Waals surface area contributed by atoms with Crippen molar-refractivity contribution in [2.75, 3.05) is 0 Å². The lowest BCUT2D eigenvalue weighted by atomic mass is 11.1. The van der Waals surface area contributed by atoms with Crippen LogP contribution in [-0.4, -0.2) is 4.90 Å². The fourth-order valence-corrected chi connectivity index (χ4v) is 0.146. The summed E-state index contributed by atoms with van der Waals surface area (Å²) in [5, 5.41) is 0. The average molecular weight is 90.1 g/mol. The molecule has 0 fully saturated rings. The van der Waals surface area contributed by atoms with Crippen molar-refractivity contribution in [3.63, 3.8) is 0 Å². The summed E-state index contributed by atoms with van der Waals surface area (Å²) in [5.41, 5.74) is 0. The smallest absolute Gasteiger partial charge is 0.0923 e. The molecule has 0 bridgehead atoms. The lowest BCUT2D eigenvalue weighted by Gasteiger charge is -2.11. The van der Waals surface area contributed by atoms with Gasteiger partial charge in [-0.15, -0.1) is 0 Å². The summed E-state index contributed by atoms with van der Waals surface area (Å²) in [6.45, 7) is -1.66. The maximum Gasteiger partial charge on any atom is 0.0923 e. The third-order valence-corrected chi connectivity index (χ3v) is 0.493. The predicted octanol–water partition coefficient (Wildman–Crippen LogP) is 1.16. The monoisotopic (exact) mass is 90.0 g/mol. The summed E-state index contributed by atoms with van der Waals surface area (Å²) in [6.07, 6.45) is 2.57. The molecule has 1 nitrogen and oxygen atoms in total. The van der Waals surface area contributed by atoms with Crippen molar-refractivity contribution < 1.29 is 8.78 Å². The molecular formula is C3H2F2N-. The zero-order chi connectivity index (χ0) is 4.57. The summed E-state index contributed by atoms with van der Waals surface area (Å²) >= 11 is 0. The van der Waals surface area contributed by atoms with Crippen LogP contribution in [0.25, 0.3) is 0 Å². The highest BCUT2D eigenvalue weighted by Crippen LogP contribution is 2.20. The Balaban J connectivity index is 2.16. The Bertz CT molecular complexity index is 72.9. The van der Waals surface area contributed by atoms with Crippen molar-refractivity contribution in [3.8, 4) is 0 Å². The molecule has 0 spiro atoms. The van der Waals surface area contributed by atoms with Crippen LogP contribution in [0, 0.1) is 6.55 Å². The second-order valence-corrected chi connectivity index (χ2v) is 0.946. The second kappa shape index (κ2) is 0.929. The van der Waals surface area contributed by atoms with E-state index < -0.39 is 6.55 Å². The van der Waals surface area contributed by atoms with Gasteiger partial charge in [-0.3, -0.25) is 0 Å². The van der Waals surface area contributed by atoms with Crippen LogP contribution < -0.4 is 0 Å². The number of hydrogen-bond acceptors (Lipinski definition) is 1. The molecule has 3 heteroatoms. The van der Waals surface area contributed by atoms with Gasteiger partial charge in [-0.05, 0) is 12.4 Å². The third-order valence-electron chi connectivity index (χ3n) is 0.493. The Morgan fingerprint density at radius 2 is 1.83 bits per heavy atom. The van der Waals surface area contributed by atoms with Gasteiger partial charge >= 0.3 is 0 Å². The van der Waals surface area contributed by atoms with E-state index in [0.717, 1.165) is 4.90 Å². The first kappa shape index (κ1) is 3.59. The van der Waals surface area contributed by atoms with Gasteiger partial charge in [0.2, 0.25) is 0 Å². The Hall–Kier alpha value is -0.600. The van der Waals surface area contributed by atoms with E-state index in [0.29, 0.717) is 0 Å². The van der Waals surface area contributed by atoms with Crippen LogP contribution >= 0.6 is 0 Å². The fourth-order valence-electron chi connectivity index (χ4n) is 0.146. The first-order chi connectivity index (χ1) is 2.80. The van der Waals surface area contributed by atoms with E-state index in [1.54, 1.807) is 0 Å². The van der Waals surface area contributed by atoms with Gasteiger partial charge in [0.1, 0.15) is 0 Å². The van der Waals surface area contributed by atoms with E-state index in [4.69, 9.17) is 0 Å². The number of hydrogen-bond donors (Lipinski definition) is 0. The Labute approximate surface area is 33.9 Å². The van der Waals surface area contributed by atoms with Crippen LogP contribution in [0.2, 0.25) is 0 Å². The molecule has 0 aromatic rings. The zero-order valence-electron chi connectivity index (χ0n) is 2.86. The topological polar surface area (TPSA) is 3.01 Å². The molecule has 0 radical (unpaired) electrons. The molecule has 1 rings (SSSR count). The largest absolute Gasteiger partial charge is 0.444 e. The summed E-state index contributed by atoms with van der Waals surface area (Å²) in [6, 6.07) is 0. The normalized spacial score (nSPS) is 16.8. The van der Waals surface area contributed by atoms with E-state index in [1.165, 1.54) is 12.4 Å². The van der Waals surface area contributed by atoms with E-state index in [9.17, 15) is 8.78 Å². The summed E-state index contributed by atoms with van der Waals surface area (Å²) in [7, 11) is 0. The molecule has 6 heavy (non-hydrogen) atoms. The highest BCUT2D eigenvalue weighted by molar-refractivity contribution is 5.04. The second-order valence-electron chi connectivity index (χ2n) is 0.946. The minimum Gasteiger partial charge on any atom is -0.444 e. The van der Waals surface area contributed by atoms with Crippen molar-refractivity contribution in [1.82, 2.24) is 4.90 Å². The van der Waals surface area contributed by atoms with Gasteiger partial charge in [0.25, 0.3) is 0 Å². The van der Waals surface area contributed by atoms with Gasteiger partial charge < -0.3 is 13.7 Å². The molecule has 1 aliphatic rings. The van der Waals surface area contributed by atoms with Crippen LogP contribution in [-0.2, 0) is 0 Å². The predicted molar refractivity (Wildman–Crippen MR) is 16.4 cm³/mol. The van der Waals surface area contributed by atoms with Crippen molar-refractivity contribution in [2.24, 2.45) is 0 Å². The van der Waals surface area contributed by atoms with Gasteiger partial charge in [-0.2, -0.15) is 0 Å². The summed E-state index contributed by atoms with van der Waals surface area (Å²) < 4.78 is 22.0. The fraction of sp³-hybridized carbons (Fsp3) is 0. The van der Waals surface area contributed by atoms with Crippen molar-refractivity contribution in [3.05, 3.63) is 18.9 Å². The maximum atomic E-state index is 11.0. The van der Waals surface area contributed by atoms with E-state index >= 15 is 0 Å². The van der Waals surface area contributed by atoms with E-state index in [1.807, 2.05) is 0 Å². The number of halogens is 2. The highest BCUT2D eigenvalue weighted by atomic mass is 19.3. The maximum absolute atomic E-state index is 11.0. The lowest BCUT2D eigenvalue weighted by Crippen LogP contribution is -1.91. The van der Waals surface area contributed by atoms with Crippen LogP contribution in [0.3, 0.4) is 0 Å². The summed E-state index contributed by atoms with van der Waals surface area (Å²) in [5.74, 6) is 0. The van der Waals surface area contributed by atoms with E-state index in [-0.39, 0.29) is 0 Å². The van der Waals surface area contributed by atoms with E-state index in [2.05, 4.69) is 0 Å². The van der Waals surface area contributed by atoms with Gasteiger partial charge in [-0.25, -0.2) is 0 Å². The van der Waals surface area contributed by atoms with Crippen LogP contribution in [0.1, 0.15) is 0 Å². The minimum absolute atomic E-state index is 0.750. The van der Waals surface area contributed by atoms with Gasteiger partial charge in [-0.1, -0.05) is 0 Å². The molecule has 0 N–H and O–H groups in total. The number of rotatable bonds is 1. The molecular weight excluding hydrogens is 88.0 g/mol. The highest BCUT2D eigenvalue weighted by Gasteiger charge is 2.01. The van der Waals surface area contributed by atoms with Crippen molar-refractivity contribution >= 4 is 0 Å². The van der Waals surface area contributed by atoms with Gasteiger partial charge in [0, 0.05) is 0 Å². The summed E-state index contributed by atoms with van der Waals surface area (Å²) in [4.78, 5) is 0.750. The number of nitrogens with zero attached hydrogens (tertiary/aromatic N) is 1. The molecule has 34 valence electrons. The molecule has 0 unspecified atom stereocenters. The molecule has 0 aliphatic carbocycles. The lowest BCUT2D eigenvalue weighted by molar-refractivity contribution is 0.193. The standard InChI is InChI=1S/C3H2F2N/c4-3(5)6-1-2-6/h1-2H/q-1. The molecule has 1 heterocycles. The third kappa shape index (κ3) is 0.478. The van der Waals surface area contributed by atoms with Crippen LogP contribution in [0.5, 0.6) is 0 Å². The Morgan fingerprint density at radius 3 is 1.83 bits per heavy atom. The minimum atomic E-state index is -1.66. The average Bonchev–Trinajstić information content (AvgIpc) is 2.06. The van der Waals surface area contributed by atoms with Gasteiger partial charge in [0.15, 0.2) is 0 Å². The van der Waals surface area contributed by atoms with Crippen molar-refractivity contribution in [1.29, 1.82) is 0 Å². The zero-order valence-corrected chi connectivity index (χ0v) is 2.86. The Kier molecular flexibility index (Phi) is 0.555. The van der Waals surface area contributed by atoms with Gasteiger partial charge in [0.05, 0.1) is 6.55 Å². The van der Waals surface area contributed by atoms with Crippen molar-refractivity contribution in [2.45, 2.75) is 0 Å². The molecule has 0 saturated heterocycles. The molecule has 0 amide bonds. The molecule has 1 aliphatic heterocycles. The first-order valence-electron chi connectivity index (χ1n) is 1.45. The first-order valence-corrected chi connectivity index (χ1v) is 1.45. The Morgan fingerprint density at radius 1 is 1.33 bits per heavy atom.